The van der Waals surface area contributed by atoms with Gasteiger partial charge in [-0.2, -0.15) is 5.10 Å². The van der Waals surface area contributed by atoms with Crippen molar-refractivity contribution in [3.8, 4) is 11.5 Å². The van der Waals surface area contributed by atoms with Gasteiger partial charge in [-0.25, -0.2) is 0 Å². The number of nitrogens with zero attached hydrogens (tertiary/aromatic N) is 1. The van der Waals surface area contributed by atoms with E-state index in [0.29, 0.717) is 22.8 Å². The van der Waals surface area contributed by atoms with Crippen LogP contribution in [0.5, 0.6) is 0 Å². The number of carbonyl (C=O) groups excluding carboxylic acids is 1. The number of aromatic amines is 1. The predicted molar refractivity (Wildman–Crippen MR) is 83.1 cm³/mol. The molecule has 0 saturated carbocycles. The number of hydrogen-bond donors (Lipinski definition) is 2. The number of benzene rings is 1. The molecule has 0 aliphatic rings. The van der Waals surface area contributed by atoms with Crippen molar-refractivity contribution in [3.63, 3.8) is 0 Å². The van der Waals surface area contributed by atoms with Gasteiger partial charge in [0, 0.05) is 16.2 Å². The minimum absolute atomic E-state index is 0.275. The van der Waals surface area contributed by atoms with E-state index in [0.717, 1.165) is 10.2 Å². The SMILES string of the molecule is Cc1ccc(-c2cc(C(=O)Nc3ccc(Br)cc3)n[nH]2)o1. The molecule has 0 unspecified atom stereocenters. The summed E-state index contributed by atoms with van der Waals surface area (Å²) in [7, 11) is 0. The summed E-state index contributed by atoms with van der Waals surface area (Å²) in [5.41, 5.74) is 1.69. The minimum atomic E-state index is -0.275. The van der Waals surface area contributed by atoms with Crippen LogP contribution in [-0.4, -0.2) is 16.1 Å². The van der Waals surface area contributed by atoms with Gasteiger partial charge in [-0.1, -0.05) is 15.9 Å². The maximum atomic E-state index is 12.1. The smallest absolute Gasteiger partial charge is 0.276 e. The Morgan fingerprint density at radius 3 is 2.67 bits per heavy atom. The van der Waals surface area contributed by atoms with Crippen molar-refractivity contribution in [1.29, 1.82) is 0 Å². The number of nitrogens with one attached hydrogen (secondary N) is 2. The maximum absolute atomic E-state index is 12.1. The van der Waals surface area contributed by atoms with E-state index in [-0.39, 0.29) is 5.91 Å². The van der Waals surface area contributed by atoms with Crippen LogP contribution in [-0.2, 0) is 0 Å². The molecule has 0 spiro atoms. The molecule has 1 amide bonds. The Labute approximate surface area is 129 Å². The standard InChI is InChI=1S/C15H12BrN3O2/c1-9-2-7-14(21-9)12-8-13(19-18-12)15(20)17-11-5-3-10(16)4-6-11/h2-8H,1H3,(H,17,20)(H,18,19). The number of carbonyl (C=O) groups is 1. The molecule has 2 heterocycles. The third-order valence-electron chi connectivity index (χ3n) is 2.92. The van der Waals surface area contributed by atoms with Gasteiger partial charge in [0.05, 0.1) is 0 Å². The maximum Gasteiger partial charge on any atom is 0.276 e. The van der Waals surface area contributed by atoms with Gasteiger partial charge >= 0.3 is 0 Å². The summed E-state index contributed by atoms with van der Waals surface area (Å²) >= 11 is 3.35. The van der Waals surface area contributed by atoms with E-state index in [1.54, 1.807) is 6.07 Å². The first kappa shape index (κ1) is 13.6. The Hall–Kier alpha value is -2.34. The number of anilines is 1. The predicted octanol–water partition coefficient (Wildman–Crippen LogP) is 3.99. The molecule has 106 valence electrons. The summed E-state index contributed by atoms with van der Waals surface area (Å²) < 4.78 is 6.44. The normalized spacial score (nSPS) is 10.6. The zero-order chi connectivity index (χ0) is 14.8. The fraction of sp³-hybridized carbons (Fsp3) is 0.0667. The molecule has 0 atom stereocenters. The number of aromatic nitrogens is 2. The number of H-pyrrole nitrogens is 1. The average molecular weight is 346 g/mol. The van der Waals surface area contributed by atoms with E-state index in [2.05, 4.69) is 31.4 Å². The van der Waals surface area contributed by atoms with E-state index in [4.69, 9.17) is 4.42 Å². The van der Waals surface area contributed by atoms with Gasteiger partial charge in [0.1, 0.15) is 11.5 Å². The lowest BCUT2D eigenvalue weighted by molar-refractivity contribution is 0.102. The van der Waals surface area contributed by atoms with Crippen LogP contribution in [0.3, 0.4) is 0 Å². The lowest BCUT2D eigenvalue weighted by atomic mass is 10.2. The average Bonchev–Trinajstić information content (AvgIpc) is 3.10. The number of rotatable bonds is 3. The molecule has 21 heavy (non-hydrogen) atoms. The van der Waals surface area contributed by atoms with Crippen molar-refractivity contribution in [1.82, 2.24) is 10.2 Å². The van der Waals surface area contributed by atoms with Gasteiger partial charge in [-0.05, 0) is 43.3 Å². The molecular weight excluding hydrogens is 334 g/mol. The highest BCUT2D eigenvalue weighted by molar-refractivity contribution is 9.10. The Bertz CT molecular complexity index is 774. The summed E-state index contributed by atoms with van der Waals surface area (Å²) in [5.74, 6) is 1.19. The Balaban J connectivity index is 1.76. The zero-order valence-electron chi connectivity index (χ0n) is 11.2. The number of halogens is 1. The van der Waals surface area contributed by atoms with Crippen molar-refractivity contribution >= 4 is 27.5 Å². The van der Waals surface area contributed by atoms with E-state index in [1.165, 1.54) is 0 Å². The van der Waals surface area contributed by atoms with Crippen LogP contribution < -0.4 is 5.32 Å². The van der Waals surface area contributed by atoms with Crippen molar-refractivity contribution in [2.75, 3.05) is 5.32 Å². The first-order valence-corrected chi connectivity index (χ1v) is 7.10. The lowest BCUT2D eigenvalue weighted by Crippen LogP contribution is -2.12. The Kier molecular flexibility index (Phi) is 3.62. The molecule has 1 aromatic carbocycles. The molecule has 0 saturated heterocycles. The summed E-state index contributed by atoms with van der Waals surface area (Å²) in [4.78, 5) is 12.1. The molecular formula is C15H12BrN3O2. The van der Waals surface area contributed by atoms with Crippen molar-refractivity contribution < 1.29 is 9.21 Å². The van der Waals surface area contributed by atoms with Crippen LogP contribution in [0.15, 0.2) is 51.4 Å². The quantitative estimate of drug-likeness (QED) is 0.753. The highest BCUT2D eigenvalue weighted by atomic mass is 79.9. The second-order valence-corrected chi connectivity index (χ2v) is 5.45. The van der Waals surface area contributed by atoms with E-state index in [9.17, 15) is 4.79 Å². The lowest BCUT2D eigenvalue weighted by Gasteiger charge is -2.02. The Morgan fingerprint density at radius 2 is 2.00 bits per heavy atom. The third kappa shape index (κ3) is 3.05. The number of amides is 1. The zero-order valence-corrected chi connectivity index (χ0v) is 12.8. The molecule has 0 aliphatic carbocycles. The van der Waals surface area contributed by atoms with Crippen LogP contribution in [0.2, 0.25) is 0 Å². The molecule has 3 aromatic rings. The first-order chi connectivity index (χ1) is 10.1. The molecule has 2 N–H and O–H groups in total. The molecule has 3 rings (SSSR count). The second-order valence-electron chi connectivity index (χ2n) is 4.54. The molecule has 0 bridgehead atoms. The van der Waals surface area contributed by atoms with Crippen molar-refractivity contribution in [2.24, 2.45) is 0 Å². The van der Waals surface area contributed by atoms with E-state index >= 15 is 0 Å². The fourth-order valence-corrected chi connectivity index (χ4v) is 2.14. The summed E-state index contributed by atoms with van der Waals surface area (Å²) in [6.45, 7) is 1.86. The van der Waals surface area contributed by atoms with Crippen LogP contribution >= 0.6 is 15.9 Å². The number of furan rings is 1. The van der Waals surface area contributed by atoms with Gasteiger partial charge in [0.2, 0.25) is 0 Å². The molecule has 0 fully saturated rings. The summed E-state index contributed by atoms with van der Waals surface area (Å²) in [5, 5.41) is 9.59. The van der Waals surface area contributed by atoms with Crippen LogP contribution in [0.1, 0.15) is 16.2 Å². The molecule has 6 heteroatoms. The molecule has 2 aromatic heterocycles. The topological polar surface area (TPSA) is 70.9 Å². The van der Waals surface area contributed by atoms with Gasteiger partial charge < -0.3 is 9.73 Å². The third-order valence-corrected chi connectivity index (χ3v) is 3.45. The molecule has 0 aliphatic heterocycles. The Morgan fingerprint density at radius 1 is 1.24 bits per heavy atom. The monoisotopic (exact) mass is 345 g/mol. The molecule has 5 nitrogen and oxygen atoms in total. The van der Waals surface area contributed by atoms with Gasteiger partial charge in [0.15, 0.2) is 11.5 Å². The summed E-state index contributed by atoms with van der Waals surface area (Å²) in [6, 6.07) is 12.7. The van der Waals surface area contributed by atoms with Crippen LogP contribution in [0.4, 0.5) is 5.69 Å². The van der Waals surface area contributed by atoms with Gasteiger partial charge in [-0.15, -0.1) is 0 Å². The highest BCUT2D eigenvalue weighted by Gasteiger charge is 2.13. The van der Waals surface area contributed by atoms with Crippen molar-refractivity contribution in [2.45, 2.75) is 6.92 Å². The highest BCUT2D eigenvalue weighted by Crippen LogP contribution is 2.21. The number of aryl methyl sites for hydroxylation is 1. The summed E-state index contributed by atoms with van der Waals surface area (Å²) in [6.07, 6.45) is 0. The number of hydrogen-bond acceptors (Lipinski definition) is 3. The molecule has 0 radical (unpaired) electrons. The second kappa shape index (κ2) is 5.57. The van der Waals surface area contributed by atoms with Crippen LogP contribution in [0, 0.1) is 6.92 Å². The first-order valence-electron chi connectivity index (χ1n) is 6.31. The minimum Gasteiger partial charge on any atom is -0.460 e. The van der Waals surface area contributed by atoms with Crippen LogP contribution in [0.25, 0.3) is 11.5 Å². The van der Waals surface area contributed by atoms with Gasteiger partial charge in [-0.3, -0.25) is 9.89 Å². The van der Waals surface area contributed by atoms with E-state index in [1.807, 2.05) is 43.3 Å². The fourth-order valence-electron chi connectivity index (χ4n) is 1.87. The van der Waals surface area contributed by atoms with E-state index < -0.39 is 0 Å². The van der Waals surface area contributed by atoms with Crippen molar-refractivity contribution in [3.05, 3.63) is 58.4 Å². The van der Waals surface area contributed by atoms with Gasteiger partial charge in [0.25, 0.3) is 5.91 Å². The largest absolute Gasteiger partial charge is 0.460 e.